The fraction of sp³-hybridized carbons (Fsp3) is 0.667. The molecule has 1 heterocycles. The Morgan fingerprint density at radius 2 is 2.17 bits per heavy atom. The minimum Gasteiger partial charge on any atom is -0.384 e. The number of nitrogens with zero attached hydrogens (tertiary/aromatic N) is 1. The summed E-state index contributed by atoms with van der Waals surface area (Å²) in [6.45, 7) is 8.19. The second-order valence-electron chi connectivity index (χ2n) is 6.33. The Kier molecular flexibility index (Phi) is 3.62. The van der Waals surface area contributed by atoms with E-state index < -0.39 is 0 Å². The zero-order valence-electron chi connectivity index (χ0n) is 11.8. The van der Waals surface area contributed by atoms with Gasteiger partial charge in [-0.25, -0.2) is 0 Å². The van der Waals surface area contributed by atoms with E-state index in [0.717, 1.165) is 25.1 Å². The highest BCUT2D eigenvalue weighted by atomic mass is 16.5. The summed E-state index contributed by atoms with van der Waals surface area (Å²) in [6, 6.07) is 1.98. The van der Waals surface area contributed by atoms with Crippen molar-refractivity contribution in [1.82, 2.24) is 4.57 Å². The number of fused-ring (bicyclic) bond motifs is 1. The van der Waals surface area contributed by atoms with E-state index in [4.69, 9.17) is 4.74 Å². The molecular formula is C15H23NO2. The van der Waals surface area contributed by atoms with Crippen LogP contribution < -0.4 is 0 Å². The van der Waals surface area contributed by atoms with Crippen LogP contribution in [0.3, 0.4) is 0 Å². The fourth-order valence-electron chi connectivity index (χ4n) is 2.85. The lowest BCUT2D eigenvalue weighted by molar-refractivity contribution is 0.0908. The van der Waals surface area contributed by atoms with Gasteiger partial charge in [-0.1, -0.05) is 20.8 Å². The Morgan fingerprint density at radius 3 is 2.83 bits per heavy atom. The number of carbonyl (C=O) groups is 1. The van der Waals surface area contributed by atoms with Crippen molar-refractivity contribution in [3.05, 3.63) is 23.5 Å². The molecule has 1 unspecified atom stereocenters. The van der Waals surface area contributed by atoms with E-state index >= 15 is 0 Å². The quantitative estimate of drug-likeness (QED) is 0.821. The second-order valence-corrected chi connectivity index (χ2v) is 6.33. The maximum absolute atomic E-state index is 12.1. The summed E-state index contributed by atoms with van der Waals surface area (Å²) in [5, 5.41) is 0. The zero-order chi connectivity index (χ0) is 13.3. The third-order valence-electron chi connectivity index (χ3n) is 3.62. The van der Waals surface area contributed by atoms with Crippen LogP contribution in [-0.4, -0.2) is 24.1 Å². The van der Waals surface area contributed by atoms with Gasteiger partial charge in [0, 0.05) is 37.5 Å². The van der Waals surface area contributed by atoms with Gasteiger partial charge in [0.15, 0.2) is 5.78 Å². The van der Waals surface area contributed by atoms with Crippen LogP contribution in [0.4, 0.5) is 0 Å². The van der Waals surface area contributed by atoms with Crippen molar-refractivity contribution < 1.29 is 9.53 Å². The Balaban J connectivity index is 2.23. The minimum atomic E-state index is 0.0880. The molecule has 18 heavy (non-hydrogen) atoms. The Bertz CT molecular complexity index is 445. The highest BCUT2D eigenvalue weighted by molar-refractivity contribution is 5.98. The first-order chi connectivity index (χ1) is 8.43. The first kappa shape index (κ1) is 13.3. The Morgan fingerprint density at radius 1 is 1.44 bits per heavy atom. The monoisotopic (exact) mass is 249 g/mol. The van der Waals surface area contributed by atoms with Crippen molar-refractivity contribution in [2.24, 2.45) is 11.3 Å². The third kappa shape index (κ3) is 2.66. The molecule has 1 aromatic rings. The van der Waals surface area contributed by atoms with Gasteiger partial charge in [0.2, 0.25) is 0 Å². The zero-order valence-corrected chi connectivity index (χ0v) is 11.8. The van der Waals surface area contributed by atoms with Gasteiger partial charge in [-0.3, -0.25) is 4.79 Å². The average Bonchev–Trinajstić information content (AvgIpc) is 2.60. The van der Waals surface area contributed by atoms with Crippen LogP contribution in [0.2, 0.25) is 0 Å². The van der Waals surface area contributed by atoms with Gasteiger partial charge in [-0.15, -0.1) is 0 Å². The van der Waals surface area contributed by atoms with E-state index in [1.807, 2.05) is 6.07 Å². The van der Waals surface area contributed by atoms with E-state index in [-0.39, 0.29) is 5.41 Å². The fourth-order valence-corrected chi connectivity index (χ4v) is 2.85. The summed E-state index contributed by atoms with van der Waals surface area (Å²) >= 11 is 0. The number of carbonyl (C=O) groups excluding carboxylic acids is 1. The van der Waals surface area contributed by atoms with Gasteiger partial charge in [0.05, 0.1) is 6.61 Å². The minimum absolute atomic E-state index is 0.0880. The van der Waals surface area contributed by atoms with Crippen LogP contribution >= 0.6 is 0 Å². The molecule has 0 aliphatic heterocycles. The summed E-state index contributed by atoms with van der Waals surface area (Å²) in [4.78, 5) is 12.1. The van der Waals surface area contributed by atoms with E-state index in [2.05, 4.69) is 31.5 Å². The average molecular weight is 249 g/mol. The molecule has 3 heteroatoms. The molecule has 0 radical (unpaired) electrons. The third-order valence-corrected chi connectivity index (χ3v) is 3.62. The maximum atomic E-state index is 12.1. The molecule has 0 bridgehead atoms. The molecule has 1 atom stereocenters. The highest BCUT2D eigenvalue weighted by Gasteiger charge is 2.32. The normalized spacial score (nSPS) is 19.7. The molecule has 0 aromatic carbocycles. The highest BCUT2D eigenvalue weighted by Crippen LogP contribution is 2.35. The standard InChI is InChI=1S/C15H23NO2/c1-11(10-18-4)9-16-6-5-12-13(16)7-15(2,3)8-14(12)17/h5-6,11H,7-10H2,1-4H3. The number of rotatable bonds is 4. The maximum Gasteiger partial charge on any atom is 0.165 e. The molecule has 0 N–H and O–H groups in total. The van der Waals surface area contributed by atoms with E-state index in [9.17, 15) is 4.79 Å². The second kappa shape index (κ2) is 4.88. The van der Waals surface area contributed by atoms with E-state index in [0.29, 0.717) is 18.1 Å². The molecule has 100 valence electrons. The molecule has 1 aliphatic carbocycles. The number of Topliss-reactive ketones (excluding diaryl/α,β-unsaturated/α-hetero) is 1. The summed E-state index contributed by atoms with van der Waals surface area (Å²) < 4.78 is 7.41. The largest absolute Gasteiger partial charge is 0.384 e. The van der Waals surface area contributed by atoms with Crippen LogP contribution in [0.5, 0.6) is 0 Å². The predicted octanol–water partition coefficient (Wildman–Crippen LogP) is 2.93. The van der Waals surface area contributed by atoms with Crippen molar-refractivity contribution in [3.8, 4) is 0 Å². The number of hydrogen-bond donors (Lipinski definition) is 0. The molecule has 1 aromatic heterocycles. The smallest absolute Gasteiger partial charge is 0.165 e. The Hall–Kier alpha value is -1.09. The Labute approximate surface area is 109 Å². The topological polar surface area (TPSA) is 31.2 Å². The summed E-state index contributed by atoms with van der Waals surface area (Å²) in [5.74, 6) is 0.756. The number of ether oxygens (including phenoxy) is 1. The van der Waals surface area contributed by atoms with Gasteiger partial charge in [0.25, 0.3) is 0 Å². The van der Waals surface area contributed by atoms with Crippen molar-refractivity contribution in [2.75, 3.05) is 13.7 Å². The SMILES string of the molecule is COCC(C)Cn1ccc2c1CC(C)(C)CC2=O. The van der Waals surface area contributed by atoms with Crippen molar-refractivity contribution in [1.29, 1.82) is 0 Å². The van der Waals surface area contributed by atoms with Crippen LogP contribution in [0.1, 0.15) is 43.2 Å². The summed E-state index contributed by atoms with van der Waals surface area (Å²) in [7, 11) is 1.73. The molecule has 0 saturated carbocycles. The van der Waals surface area contributed by atoms with Crippen LogP contribution in [0, 0.1) is 11.3 Å². The van der Waals surface area contributed by atoms with Gasteiger partial charge >= 0.3 is 0 Å². The van der Waals surface area contributed by atoms with Crippen LogP contribution in [0.25, 0.3) is 0 Å². The predicted molar refractivity (Wildman–Crippen MR) is 71.9 cm³/mol. The molecule has 1 aliphatic rings. The van der Waals surface area contributed by atoms with Crippen molar-refractivity contribution in [2.45, 2.75) is 40.2 Å². The molecule has 0 spiro atoms. The molecule has 0 fully saturated rings. The van der Waals surface area contributed by atoms with Crippen LogP contribution in [0.15, 0.2) is 12.3 Å². The lowest BCUT2D eigenvalue weighted by Crippen LogP contribution is -2.28. The molecule has 0 amide bonds. The van der Waals surface area contributed by atoms with Gasteiger partial charge < -0.3 is 9.30 Å². The lowest BCUT2D eigenvalue weighted by atomic mass is 9.76. The van der Waals surface area contributed by atoms with Crippen molar-refractivity contribution in [3.63, 3.8) is 0 Å². The first-order valence-corrected chi connectivity index (χ1v) is 6.63. The van der Waals surface area contributed by atoms with Gasteiger partial charge in [-0.05, 0) is 23.8 Å². The number of hydrogen-bond acceptors (Lipinski definition) is 2. The van der Waals surface area contributed by atoms with Gasteiger partial charge in [-0.2, -0.15) is 0 Å². The van der Waals surface area contributed by atoms with Crippen molar-refractivity contribution >= 4 is 5.78 Å². The molecule has 0 saturated heterocycles. The number of aromatic nitrogens is 1. The van der Waals surface area contributed by atoms with E-state index in [1.165, 1.54) is 5.69 Å². The summed E-state index contributed by atoms with van der Waals surface area (Å²) in [6.07, 6.45) is 3.70. The molecular weight excluding hydrogens is 226 g/mol. The first-order valence-electron chi connectivity index (χ1n) is 6.63. The van der Waals surface area contributed by atoms with Gasteiger partial charge in [0.1, 0.15) is 0 Å². The molecule has 3 nitrogen and oxygen atoms in total. The number of ketones is 1. The van der Waals surface area contributed by atoms with E-state index in [1.54, 1.807) is 7.11 Å². The molecule has 2 rings (SSSR count). The number of methoxy groups -OCH3 is 1. The summed E-state index contributed by atoms with van der Waals surface area (Å²) in [5.41, 5.74) is 2.23. The lowest BCUT2D eigenvalue weighted by Gasteiger charge is -2.30. The van der Waals surface area contributed by atoms with Crippen LogP contribution in [-0.2, 0) is 17.7 Å².